The van der Waals surface area contributed by atoms with Crippen LogP contribution in [-0.4, -0.2) is 16.7 Å². The molecule has 0 spiro atoms. The van der Waals surface area contributed by atoms with Gasteiger partial charge in [0, 0.05) is 17.2 Å². The van der Waals surface area contributed by atoms with E-state index in [-0.39, 0.29) is 6.54 Å². The van der Waals surface area contributed by atoms with Crippen LogP contribution in [0, 0.1) is 5.82 Å². The molecule has 3 aromatic carbocycles. The summed E-state index contributed by atoms with van der Waals surface area (Å²) in [5.41, 5.74) is 1.16. The van der Waals surface area contributed by atoms with Crippen LogP contribution in [0.3, 0.4) is 0 Å². The van der Waals surface area contributed by atoms with Crippen LogP contribution < -0.4 is 4.74 Å². The molecule has 0 radical (unpaired) electrons. The first-order chi connectivity index (χ1) is 13.9. The number of hydrogen-bond donors (Lipinski definition) is 0. The van der Waals surface area contributed by atoms with Crippen molar-refractivity contribution in [2.24, 2.45) is 0 Å². The van der Waals surface area contributed by atoms with E-state index in [0.29, 0.717) is 33.7 Å². The van der Waals surface area contributed by atoms with Crippen LogP contribution in [0.1, 0.15) is 11.1 Å². The molecule has 0 saturated heterocycles. The van der Waals surface area contributed by atoms with E-state index in [1.54, 1.807) is 47.0 Å². The van der Waals surface area contributed by atoms with E-state index in [4.69, 9.17) is 4.74 Å². The van der Waals surface area contributed by atoms with Gasteiger partial charge in [0.25, 0.3) is 0 Å². The van der Waals surface area contributed by atoms with E-state index >= 15 is 0 Å². The van der Waals surface area contributed by atoms with E-state index in [9.17, 15) is 17.6 Å². The van der Waals surface area contributed by atoms with Gasteiger partial charge >= 0.3 is 6.18 Å². The fourth-order valence-electron chi connectivity index (χ4n) is 3.25. The van der Waals surface area contributed by atoms with Gasteiger partial charge in [-0.15, -0.1) is 0 Å². The van der Waals surface area contributed by atoms with Crippen LogP contribution in [-0.2, 0) is 12.7 Å². The molecule has 148 valence electrons. The van der Waals surface area contributed by atoms with Gasteiger partial charge in [0.15, 0.2) is 0 Å². The molecule has 1 aromatic heterocycles. The van der Waals surface area contributed by atoms with Gasteiger partial charge in [0.1, 0.15) is 17.4 Å². The summed E-state index contributed by atoms with van der Waals surface area (Å²) in [5, 5.41) is 0. The highest BCUT2D eigenvalue weighted by Gasteiger charge is 2.31. The number of aromatic nitrogens is 2. The lowest BCUT2D eigenvalue weighted by molar-refractivity contribution is -0.137. The number of ether oxygens (including phenoxy) is 1. The molecule has 4 rings (SSSR count). The molecule has 7 heteroatoms. The number of halogens is 4. The number of imidazole rings is 1. The number of alkyl halides is 3. The summed E-state index contributed by atoms with van der Waals surface area (Å²) in [7, 11) is 1.52. The van der Waals surface area contributed by atoms with E-state index in [1.807, 2.05) is 0 Å². The molecular formula is C22H16F4N2O. The number of nitrogens with zero attached hydrogens (tertiary/aromatic N) is 2. The fourth-order valence-corrected chi connectivity index (χ4v) is 3.25. The maximum absolute atomic E-state index is 14.3. The Morgan fingerprint density at radius 3 is 2.48 bits per heavy atom. The zero-order valence-corrected chi connectivity index (χ0v) is 15.4. The third-order valence-electron chi connectivity index (χ3n) is 4.69. The highest BCUT2D eigenvalue weighted by Crippen LogP contribution is 2.34. The molecule has 0 saturated carbocycles. The first-order valence-corrected chi connectivity index (χ1v) is 8.82. The predicted molar refractivity (Wildman–Crippen MR) is 102 cm³/mol. The van der Waals surface area contributed by atoms with Crippen molar-refractivity contribution >= 4 is 11.0 Å². The second-order valence-corrected chi connectivity index (χ2v) is 6.55. The Morgan fingerprint density at radius 2 is 1.76 bits per heavy atom. The van der Waals surface area contributed by atoms with Gasteiger partial charge in [0.2, 0.25) is 0 Å². The van der Waals surface area contributed by atoms with Crippen molar-refractivity contribution in [3.8, 4) is 17.1 Å². The van der Waals surface area contributed by atoms with Crippen molar-refractivity contribution in [2.45, 2.75) is 12.7 Å². The quantitative estimate of drug-likeness (QED) is 0.398. The number of rotatable bonds is 4. The molecular weight excluding hydrogens is 384 g/mol. The summed E-state index contributed by atoms with van der Waals surface area (Å²) < 4.78 is 60.8. The normalized spacial score (nSPS) is 11.8. The van der Waals surface area contributed by atoms with Crippen LogP contribution in [0.15, 0.2) is 66.7 Å². The van der Waals surface area contributed by atoms with Gasteiger partial charge in [-0.2, -0.15) is 13.2 Å². The summed E-state index contributed by atoms with van der Waals surface area (Å²) in [5.74, 6) is 0.504. The Bertz CT molecular complexity index is 1180. The summed E-state index contributed by atoms with van der Waals surface area (Å²) in [6.45, 7) is 0.126. The number of fused-ring (bicyclic) bond motifs is 1. The maximum atomic E-state index is 14.3. The molecule has 0 aliphatic carbocycles. The largest absolute Gasteiger partial charge is 0.497 e. The molecule has 0 amide bonds. The molecule has 3 nitrogen and oxygen atoms in total. The van der Waals surface area contributed by atoms with Crippen molar-refractivity contribution in [1.29, 1.82) is 0 Å². The first-order valence-electron chi connectivity index (χ1n) is 8.82. The Kier molecular flexibility index (Phi) is 4.74. The molecule has 29 heavy (non-hydrogen) atoms. The third kappa shape index (κ3) is 3.68. The minimum absolute atomic E-state index is 0.126. The SMILES string of the molecule is COc1ccc2c(c1)nc(-c1cccc(C(F)(F)F)c1)n2Cc1ccccc1F. The molecule has 0 unspecified atom stereocenters. The average Bonchev–Trinajstić information content (AvgIpc) is 3.06. The highest BCUT2D eigenvalue weighted by molar-refractivity contribution is 5.82. The molecule has 0 aliphatic rings. The lowest BCUT2D eigenvalue weighted by Gasteiger charge is -2.12. The van der Waals surface area contributed by atoms with E-state index in [0.717, 1.165) is 12.1 Å². The Hall–Kier alpha value is -3.35. The fraction of sp³-hybridized carbons (Fsp3) is 0.136. The van der Waals surface area contributed by atoms with Crippen molar-refractivity contribution in [3.63, 3.8) is 0 Å². The van der Waals surface area contributed by atoms with Gasteiger partial charge in [0.05, 0.1) is 30.3 Å². The number of methoxy groups -OCH3 is 1. The van der Waals surface area contributed by atoms with E-state index in [2.05, 4.69) is 4.98 Å². The minimum Gasteiger partial charge on any atom is -0.497 e. The number of benzene rings is 3. The summed E-state index contributed by atoms with van der Waals surface area (Å²) >= 11 is 0. The molecule has 0 N–H and O–H groups in total. The molecule has 4 aromatic rings. The van der Waals surface area contributed by atoms with Crippen molar-refractivity contribution in [2.75, 3.05) is 7.11 Å². The highest BCUT2D eigenvalue weighted by atomic mass is 19.4. The average molecular weight is 400 g/mol. The van der Waals surface area contributed by atoms with Crippen molar-refractivity contribution in [1.82, 2.24) is 9.55 Å². The molecule has 1 heterocycles. The minimum atomic E-state index is -4.47. The zero-order valence-electron chi connectivity index (χ0n) is 15.4. The van der Waals surface area contributed by atoms with Crippen LogP contribution in [0.2, 0.25) is 0 Å². The monoisotopic (exact) mass is 400 g/mol. The maximum Gasteiger partial charge on any atom is 0.416 e. The Morgan fingerprint density at radius 1 is 0.966 bits per heavy atom. The van der Waals surface area contributed by atoms with E-state index in [1.165, 1.54) is 19.2 Å². The lowest BCUT2D eigenvalue weighted by Crippen LogP contribution is -2.07. The summed E-state index contributed by atoms with van der Waals surface area (Å²) in [4.78, 5) is 4.53. The topological polar surface area (TPSA) is 27.1 Å². The zero-order chi connectivity index (χ0) is 20.6. The second kappa shape index (κ2) is 7.24. The Balaban J connectivity index is 1.92. The van der Waals surface area contributed by atoms with Gasteiger partial charge in [-0.1, -0.05) is 30.3 Å². The Labute approximate surface area is 164 Å². The standard InChI is InChI=1S/C22H16F4N2O/c1-29-17-9-10-20-19(12-17)27-21(14-6-4-7-16(11-14)22(24,25)26)28(20)13-15-5-2-3-8-18(15)23/h2-12H,13H2,1H3. The molecule has 0 fully saturated rings. The third-order valence-corrected chi connectivity index (χ3v) is 4.69. The smallest absolute Gasteiger partial charge is 0.416 e. The van der Waals surface area contributed by atoms with Crippen LogP contribution in [0.25, 0.3) is 22.4 Å². The number of hydrogen-bond acceptors (Lipinski definition) is 2. The molecule has 0 aliphatic heterocycles. The van der Waals surface area contributed by atoms with Gasteiger partial charge < -0.3 is 9.30 Å². The molecule has 0 atom stereocenters. The van der Waals surface area contributed by atoms with Crippen molar-refractivity contribution < 1.29 is 22.3 Å². The summed E-state index contributed by atoms with van der Waals surface area (Å²) in [6, 6.07) is 16.4. The van der Waals surface area contributed by atoms with Gasteiger partial charge in [-0.25, -0.2) is 9.37 Å². The van der Waals surface area contributed by atoms with Crippen LogP contribution >= 0.6 is 0 Å². The molecule has 0 bridgehead atoms. The first kappa shape index (κ1) is 19.0. The van der Waals surface area contributed by atoms with E-state index < -0.39 is 17.6 Å². The van der Waals surface area contributed by atoms with Gasteiger partial charge in [-0.3, -0.25) is 0 Å². The second-order valence-electron chi connectivity index (χ2n) is 6.55. The van der Waals surface area contributed by atoms with Crippen LogP contribution in [0.4, 0.5) is 17.6 Å². The van der Waals surface area contributed by atoms with Gasteiger partial charge in [-0.05, 0) is 30.3 Å². The predicted octanol–water partition coefficient (Wildman–Crippen LogP) is 5.92. The van der Waals surface area contributed by atoms with Crippen molar-refractivity contribution in [3.05, 3.63) is 83.7 Å². The lowest BCUT2D eigenvalue weighted by atomic mass is 10.1. The summed E-state index contributed by atoms with van der Waals surface area (Å²) in [6.07, 6.45) is -4.47. The van der Waals surface area contributed by atoms with Crippen LogP contribution in [0.5, 0.6) is 5.75 Å².